The molecular formula is C29H33N5O7. The van der Waals surface area contributed by atoms with E-state index in [1.54, 1.807) is 30.5 Å². The number of rotatable bonds is 12. The van der Waals surface area contributed by atoms with E-state index >= 15 is 0 Å². The molecule has 1 aliphatic rings. The fourth-order valence-electron chi connectivity index (χ4n) is 5.10. The smallest absolute Gasteiger partial charge is 0.326 e. The van der Waals surface area contributed by atoms with E-state index in [1.807, 2.05) is 30.3 Å². The minimum absolute atomic E-state index is 0.0126. The first-order chi connectivity index (χ1) is 19.6. The molecule has 1 aliphatic heterocycles. The first-order valence-corrected chi connectivity index (χ1v) is 13.3. The lowest BCUT2D eigenvalue weighted by Gasteiger charge is -2.28. The summed E-state index contributed by atoms with van der Waals surface area (Å²) in [5.41, 5.74) is 8.34. The summed E-state index contributed by atoms with van der Waals surface area (Å²) in [5, 5.41) is 24.9. The van der Waals surface area contributed by atoms with Crippen molar-refractivity contribution < 1.29 is 34.2 Å². The summed E-state index contributed by atoms with van der Waals surface area (Å²) < 4.78 is 0. The van der Waals surface area contributed by atoms with Gasteiger partial charge in [0.05, 0.1) is 12.5 Å². The van der Waals surface area contributed by atoms with E-state index in [4.69, 9.17) is 5.73 Å². The van der Waals surface area contributed by atoms with E-state index in [2.05, 4.69) is 15.6 Å². The van der Waals surface area contributed by atoms with Crippen molar-refractivity contribution in [3.8, 4) is 0 Å². The third kappa shape index (κ3) is 7.28. The molecule has 4 atom stereocenters. The molecule has 7 N–H and O–H groups in total. The quantitative estimate of drug-likeness (QED) is 0.186. The maximum Gasteiger partial charge on any atom is 0.326 e. The van der Waals surface area contributed by atoms with E-state index in [0.717, 1.165) is 16.5 Å². The van der Waals surface area contributed by atoms with E-state index in [0.29, 0.717) is 12.0 Å². The van der Waals surface area contributed by atoms with Crippen LogP contribution in [0.1, 0.15) is 30.4 Å². The maximum atomic E-state index is 13.7. The highest BCUT2D eigenvalue weighted by Crippen LogP contribution is 2.23. The van der Waals surface area contributed by atoms with Crippen molar-refractivity contribution in [1.29, 1.82) is 0 Å². The minimum Gasteiger partial charge on any atom is -0.481 e. The number of aliphatic carboxylic acids is 2. The zero-order chi connectivity index (χ0) is 29.5. The topological polar surface area (TPSA) is 195 Å². The summed E-state index contributed by atoms with van der Waals surface area (Å²) >= 11 is 0. The van der Waals surface area contributed by atoms with Gasteiger partial charge in [-0.2, -0.15) is 0 Å². The number of aromatic nitrogens is 1. The summed E-state index contributed by atoms with van der Waals surface area (Å²) in [7, 11) is 0. The van der Waals surface area contributed by atoms with Crippen LogP contribution in [0.5, 0.6) is 0 Å². The Morgan fingerprint density at radius 1 is 0.927 bits per heavy atom. The number of carboxylic acid groups (broad SMARTS) is 2. The Bertz CT molecular complexity index is 1420. The molecule has 41 heavy (non-hydrogen) atoms. The molecule has 2 heterocycles. The number of hydrogen-bond acceptors (Lipinski definition) is 6. The molecule has 12 heteroatoms. The second-order valence-electron chi connectivity index (χ2n) is 10.1. The second-order valence-corrected chi connectivity index (χ2v) is 10.1. The minimum atomic E-state index is -1.52. The van der Waals surface area contributed by atoms with Gasteiger partial charge in [-0.05, 0) is 36.5 Å². The number of benzene rings is 2. The van der Waals surface area contributed by atoms with Crippen molar-refractivity contribution in [3.05, 3.63) is 71.9 Å². The lowest BCUT2D eigenvalue weighted by atomic mass is 10.0. The number of hydrogen-bond donors (Lipinski definition) is 6. The van der Waals surface area contributed by atoms with Crippen LogP contribution in [-0.2, 0) is 36.8 Å². The number of amides is 3. The molecule has 0 aliphatic carbocycles. The van der Waals surface area contributed by atoms with Crippen LogP contribution in [0.3, 0.4) is 0 Å². The highest BCUT2D eigenvalue weighted by Gasteiger charge is 2.39. The van der Waals surface area contributed by atoms with Crippen molar-refractivity contribution in [2.45, 2.75) is 56.3 Å². The summed E-state index contributed by atoms with van der Waals surface area (Å²) in [4.78, 5) is 67.6. The molecule has 4 unspecified atom stereocenters. The average molecular weight is 564 g/mol. The van der Waals surface area contributed by atoms with Crippen LogP contribution in [0, 0.1) is 0 Å². The number of H-pyrrole nitrogens is 1. The van der Waals surface area contributed by atoms with Crippen molar-refractivity contribution in [2.75, 3.05) is 6.54 Å². The number of nitrogens with one attached hydrogen (secondary N) is 3. The molecule has 1 fully saturated rings. The Morgan fingerprint density at radius 3 is 2.32 bits per heavy atom. The van der Waals surface area contributed by atoms with Gasteiger partial charge >= 0.3 is 11.9 Å². The first-order valence-electron chi connectivity index (χ1n) is 13.3. The van der Waals surface area contributed by atoms with Gasteiger partial charge in [0, 0.05) is 30.1 Å². The zero-order valence-corrected chi connectivity index (χ0v) is 22.3. The molecule has 0 saturated carbocycles. The number of carboxylic acids is 2. The standard InChI is InChI=1S/C29H33N5O7/c30-20(13-17-7-2-1-3-8-17)26(37)32-22(15-25(35)36)27(38)33-23(28(39)34-12-6-11-24(34)29(40)41)14-18-16-31-21-10-5-4-9-19(18)21/h1-5,7-10,16,20,22-24,31H,6,11-15,30H2,(H,32,37)(H,33,38)(H,35,36)(H,40,41). The molecule has 216 valence electrons. The molecule has 4 rings (SSSR count). The number of nitrogens with zero attached hydrogens (tertiary/aromatic N) is 1. The summed E-state index contributed by atoms with van der Waals surface area (Å²) in [6, 6.07) is 11.5. The molecule has 2 aromatic carbocycles. The Balaban J connectivity index is 1.55. The first kappa shape index (κ1) is 29.3. The van der Waals surface area contributed by atoms with Crippen molar-refractivity contribution in [1.82, 2.24) is 20.5 Å². The highest BCUT2D eigenvalue weighted by molar-refractivity contribution is 5.96. The molecule has 0 bridgehead atoms. The predicted molar refractivity (Wildman–Crippen MR) is 149 cm³/mol. The van der Waals surface area contributed by atoms with Gasteiger partial charge in [-0.15, -0.1) is 0 Å². The Labute approximate surface area is 235 Å². The Kier molecular flexibility index (Phi) is 9.35. The number of nitrogens with two attached hydrogens (primary N) is 1. The number of carbonyl (C=O) groups is 5. The lowest BCUT2D eigenvalue weighted by molar-refractivity contribution is -0.149. The van der Waals surface area contributed by atoms with Crippen LogP contribution in [-0.4, -0.2) is 80.5 Å². The van der Waals surface area contributed by atoms with Crippen molar-refractivity contribution in [3.63, 3.8) is 0 Å². The summed E-state index contributed by atoms with van der Waals surface area (Å²) in [6.07, 6.45) is 1.92. The Hall–Kier alpha value is -4.71. The normalized spacial score (nSPS) is 17.0. The van der Waals surface area contributed by atoms with Crippen molar-refractivity contribution in [2.24, 2.45) is 5.73 Å². The van der Waals surface area contributed by atoms with Gasteiger partial charge in [0.15, 0.2) is 0 Å². The van der Waals surface area contributed by atoms with Gasteiger partial charge in [-0.3, -0.25) is 19.2 Å². The zero-order valence-electron chi connectivity index (χ0n) is 22.3. The second kappa shape index (κ2) is 13.1. The van der Waals surface area contributed by atoms with Gasteiger partial charge in [0.25, 0.3) is 0 Å². The monoisotopic (exact) mass is 563 g/mol. The molecule has 3 amide bonds. The molecule has 12 nitrogen and oxygen atoms in total. The highest BCUT2D eigenvalue weighted by atomic mass is 16.4. The van der Waals surface area contributed by atoms with Crippen LogP contribution < -0.4 is 16.4 Å². The lowest BCUT2D eigenvalue weighted by Crippen LogP contribution is -2.58. The predicted octanol–water partition coefficient (Wildman–Crippen LogP) is 0.800. The van der Waals surface area contributed by atoms with Gasteiger partial charge in [0.2, 0.25) is 17.7 Å². The molecular weight excluding hydrogens is 530 g/mol. The van der Waals surface area contributed by atoms with Crippen LogP contribution in [0.4, 0.5) is 0 Å². The molecule has 3 aromatic rings. The number of likely N-dealkylation sites (tertiary alicyclic amines) is 1. The number of fused-ring (bicyclic) bond motifs is 1. The van der Waals surface area contributed by atoms with E-state index < -0.39 is 60.2 Å². The SMILES string of the molecule is NC(Cc1ccccc1)C(=O)NC(CC(=O)O)C(=O)NC(Cc1c[nH]c2ccccc12)C(=O)N1CCCC1C(=O)O. The van der Waals surface area contributed by atoms with E-state index in [9.17, 15) is 34.2 Å². The summed E-state index contributed by atoms with van der Waals surface area (Å²) in [6.45, 7) is 0.208. The van der Waals surface area contributed by atoms with Crippen LogP contribution in [0.15, 0.2) is 60.8 Å². The third-order valence-corrected chi connectivity index (χ3v) is 7.18. The molecule has 0 spiro atoms. The Morgan fingerprint density at radius 2 is 1.61 bits per heavy atom. The van der Waals surface area contributed by atoms with Gasteiger partial charge < -0.3 is 36.5 Å². The largest absolute Gasteiger partial charge is 0.481 e. The van der Waals surface area contributed by atoms with Crippen LogP contribution in [0.2, 0.25) is 0 Å². The number of aromatic amines is 1. The molecule has 1 aromatic heterocycles. The van der Waals surface area contributed by atoms with E-state index in [1.165, 1.54) is 4.90 Å². The van der Waals surface area contributed by atoms with Crippen LogP contribution >= 0.6 is 0 Å². The fourth-order valence-corrected chi connectivity index (χ4v) is 5.10. The average Bonchev–Trinajstić information content (AvgIpc) is 3.60. The van der Waals surface area contributed by atoms with Gasteiger partial charge in [0.1, 0.15) is 18.1 Å². The fraction of sp³-hybridized carbons (Fsp3) is 0.345. The van der Waals surface area contributed by atoms with Gasteiger partial charge in [-0.1, -0.05) is 48.5 Å². The maximum absolute atomic E-state index is 13.7. The number of para-hydroxylation sites is 1. The molecule has 0 radical (unpaired) electrons. The van der Waals surface area contributed by atoms with E-state index in [-0.39, 0.29) is 25.8 Å². The van der Waals surface area contributed by atoms with Crippen molar-refractivity contribution >= 4 is 40.6 Å². The summed E-state index contributed by atoms with van der Waals surface area (Å²) in [5.74, 6) is -4.70. The molecule has 1 saturated heterocycles. The van der Waals surface area contributed by atoms with Gasteiger partial charge in [-0.25, -0.2) is 4.79 Å². The van der Waals surface area contributed by atoms with Crippen LogP contribution in [0.25, 0.3) is 10.9 Å². The number of carbonyl (C=O) groups excluding carboxylic acids is 3. The third-order valence-electron chi connectivity index (χ3n) is 7.18.